The lowest BCUT2D eigenvalue weighted by atomic mass is 9.92. The summed E-state index contributed by atoms with van der Waals surface area (Å²) in [6, 6.07) is 10.2. The molecule has 1 aromatic carbocycles. The third kappa shape index (κ3) is 4.28. The van der Waals surface area contributed by atoms with Gasteiger partial charge in [0.05, 0.1) is 0 Å². The topological polar surface area (TPSA) is 33.1 Å². The van der Waals surface area contributed by atoms with E-state index in [0.717, 1.165) is 41.5 Å². The Kier molecular flexibility index (Phi) is 5.91. The molecular weight excluding hydrogens is 270 g/mol. The largest absolute Gasteiger partial charge is 0.384 e. The minimum atomic E-state index is -0.549. The Hall–Kier alpha value is -1.93. The molecule has 1 unspecified atom stereocenters. The molecule has 2 aromatic rings. The number of aliphatic hydroxyl groups is 1. The zero-order valence-electron chi connectivity index (χ0n) is 13.7. The minimum Gasteiger partial charge on any atom is -0.384 e. The Morgan fingerprint density at radius 2 is 2.09 bits per heavy atom. The van der Waals surface area contributed by atoms with Crippen LogP contribution in [0, 0.1) is 13.8 Å². The van der Waals surface area contributed by atoms with E-state index in [0.29, 0.717) is 0 Å². The molecule has 0 spiro atoms. The first-order chi connectivity index (χ1) is 10.6. The van der Waals surface area contributed by atoms with Crippen LogP contribution >= 0.6 is 0 Å². The molecule has 0 saturated heterocycles. The number of aryl methyl sites for hydroxylation is 2. The summed E-state index contributed by atoms with van der Waals surface area (Å²) in [7, 11) is 0. The second-order valence-corrected chi connectivity index (χ2v) is 5.87. The van der Waals surface area contributed by atoms with Crippen LogP contribution in [0.3, 0.4) is 0 Å². The zero-order valence-corrected chi connectivity index (χ0v) is 13.7. The normalized spacial score (nSPS) is 13.2. The number of pyridine rings is 1. The average molecular weight is 295 g/mol. The van der Waals surface area contributed by atoms with Crippen LogP contribution in [0.2, 0.25) is 0 Å². The summed E-state index contributed by atoms with van der Waals surface area (Å²) < 4.78 is 0. The van der Waals surface area contributed by atoms with Crippen molar-refractivity contribution in [2.75, 3.05) is 0 Å². The fourth-order valence-corrected chi connectivity index (χ4v) is 2.68. The Morgan fingerprint density at radius 3 is 2.73 bits per heavy atom. The predicted molar refractivity (Wildman–Crippen MR) is 92.6 cm³/mol. The van der Waals surface area contributed by atoms with Crippen molar-refractivity contribution in [2.45, 2.75) is 46.1 Å². The van der Waals surface area contributed by atoms with Crippen LogP contribution in [0.25, 0.3) is 6.08 Å². The van der Waals surface area contributed by atoms with Crippen LogP contribution in [0.5, 0.6) is 0 Å². The summed E-state index contributed by atoms with van der Waals surface area (Å²) in [4.78, 5) is 4.15. The van der Waals surface area contributed by atoms with E-state index >= 15 is 0 Å². The van der Waals surface area contributed by atoms with E-state index in [2.05, 4.69) is 44.0 Å². The molecule has 0 aliphatic carbocycles. The maximum Gasteiger partial charge on any atom is 0.101 e. The minimum absolute atomic E-state index is 0.549. The van der Waals surface area contributed by atoms with Crippen molar-refractivity contribution in [1.29, 1.82) is 0 Å². The highest BCUT2D eigenvalue weighted by molar-refractivity contribution is 5.54. The van der Waals surface area contributed by atoms with Gasteiger partial charge in [0.15, 0.2) is 0 Å². The Labute approximate surface area is 133 Å². The van der Waals surface area contributed by atoms with E-state index in [4.69, 9.17) is 0 Å². The van der Waals surface area contributed by atoms with Crippen LogP contribution in [0.4, 0.5) is 0 Å². The first-order valence-electron chi connectivity index (χ1n) is 7.97. The zero-order chi connectivity index (χ0) is 15.9. The molecule has 0 amide bonds. The van der Waals surface area contributed by atoms with Crippen molar-refractivity contribution >= 4 is 6.08 Å². The van der Waals surface area contributed by atoms with Gasteiger partial charge in [0, 0.05) is 12.4 Å². The van der Waals surface area contributed by atoms with Gasteiger partial charge in [0.2, 0.25) is 0 Å². The Bertz CT molecular complexity index is 631. The molecule has 0 aliphatic rings. The lowest BCUT2D eigenvalue weighted by molar-refractivity contribution is 0.211. The van der Waals surface area contributed by atoms with Gasteiger partial charge < -0.3 is 5.11 Å². The fourth-order valence-electron chi connectivity index (χ4n) is 2.68. The van der Waals surface area contributed by atoms with Gasteiger partial charge in [0.1, 0.15) is 6.10 Å². The lowest BCUT2D eigenvalue weighted by Gasteiger charge is -2.18. The van der Waals surface area contributed by atoms with Gasteiger partial charge >= 0.3 is 0 Å². The molecule has 1 aromatic heterocycles. The number of hydrogen-bond donors (Lipinski definition) is 1. The number of unbranched alkanes of at least 4 members (excludes halogenated alkanes) is 1. The van der Waals surface area contributed by atoms with Crippen molar-refractivity contribution in [1.82, 2.24) is 4.98 Å². The molecule has 0 fully saturated rings. The molecule has 0 saturated carbocycles. The summed E-state index contributed by atoms with van der Waals surface area (Å²) in [5, 5.41) is 10.9. The van der Waals surface area contributed by atoms with Gasteiger partial charge in [-0.3, -0.25) is 4.98 Å². The predicted octanol–water partition coefficient (Wildman–Crippen LogP) is 5.01. The first-order valence-corrected chi connectivity index (χ1v) is 7.97. The monoisotopic (exact) mass is 295 g/mol. The molecule has 1 N–H and O–H groups in total. The molecule has 1 atom stereocenters. The Morgan fingerprint density at radius 1 is 1.27 bits per heavy atom. The van der Waals surface area contributed by atoms with E-state index in [1.807, 2.05) is 24.4 Å². The van der Waals surface area contributed by atoms with Crippen molar-refractivity contribution in [3.8, 4) is 0 Å². The summed E-state index contributed by atoms with van der Waals surface area (Å²) in [5.41, 5.74) is 5.46. The Balaban J connectivity index is 2.33. The number of benzene rings is 1. The van der Waals surface area contributed by atoms with Crippen LogP contribution < -0.4 is 0 Å². The molecule has 1 heterocycles. The molecule has 0 aliphatic heterocycles. The van der Waals surface area contributed by atoms with Crippen molar-refractivity contribution in [3.05, 3.63) is 70.6 Å². The van der Waals surface area contributed by atoms with Gasteiger partial charge in [-0.15, -0.1) is 0 Å². The maximum atomic E-state index is 10.9. The third-order valence-corrected chi connectivity index (χ3v) is 3.93. The van der Waals surface area contributed by atoms with E-state index in [-0.39, 0.29) is 0 Å². The quantitative estimate of drug-likeness (QED) is 0.813. The number of hydrogen-bond acceptors (Lipinski definition) is 2. The molecule has 22 heavy (non-hydrogen) atoms. The number of nitrogens with zero attached hydrogens (tertiary/aromatic N) is 1. The molecule has 2 nitrogen and oxygen atoms in total. The van der Waals surface area contributed by atoms with Gasteiger partial charge in [-0.05, 0) is 55.0 Å². The smallest absolute Gasteiger partial charge is 0.101 e. The van der Waals surface area contributed by atoms with Crippen molar-refractivity contribution < 1.29 is 5.11 Å². The highest BCUT2D eigenvalue weighted by Gasteiger charge is 2.15. The molecule has 2 rings (SSSR count). The van der Waals surface area contributed by atoms with Crippen molar-refractivity contribution in [2.24, 2.45) is 0 Å². The summed E-state index contributed by atoms with van der Waals surface area (Å²) in [6.45, 7) is 6.31. The third-order valence-electron chi connectivity index (χ3n) is 3.93. The summed E-state index contributed by atoms with van der Waals surface area (Å²) >= 11 is 0. The molecule has 116 valence electrons. The van der Waals surface area contributed by atoms with E-state index < -0.39 is 6.10 Å². The van der Waals surface area contributed by atoms with Crippen LogP contribution in [0.1, 0.15) is 54.5 Å². The highest BCUT2D eigenvalue weighted by atomic mass is 16.3. The second kappa shape index (κ2) is 7.90. The molecular formula is C20H25NO. The number of rotatable bonds is 6. The molecule has 0 radical (unpaired) electrons. The van der Waals surface area contributed by atoms with E-state index in [1.54, 1.807) is 6.20 Å². The van der Waals surface area contributed by atoms with E-state index in [9.17, 15) is 5.11 Å². The fraction of sp³-hybridized carbons (Fsp3) is 0.350. The van der Waals surface area contributed by atoms with Gasteiger partial charge in [-0.2, -0.15) is 0 Å². The number of aliphatic hydroxyl groups excluding tert-OH is 1. The first kappa shape index (κ1) is 16.4. The second-order valence-electron chi connectivity index (χ2n) is 5.87. The maximum absolute atomic E-state index is 10.9. The lowest BCUT2D eigenvalue weighted by Crippen LogP contribution is -2.04. The SMILES string of the molecule is CCCCC(=Cc1cccnc1)C(O)c1ccc(C)cc1C. The van der Waals surface area contributed by atoms with Crippen molar-refractivity contribution in [3.63, 3.8) is 0 Å². The van der Waals surface area contributed by atoms with Gasteiger partial charge in [0.25, 0.3) is 0 Å². The molecule has 2 heteroatoms. The van der Waals surface area contributed by atoms with E-state index in [1.165, 1.54) is 5.56 Å². The van der Waals surface area contributed by atoms with Crippen LogP contribution in [0.15, 0.2) is 48.3 Å². The standard InChI is InChI=1S/C20H25NO/c1-4-5-8-18(13-17-7-6-11-21-14-17)20(22)19-10-9-15(2)12-16(19)3/h6-7,9-14,20,22H,4-5,8H2,1-3H3. The molecule has 0 bridgehead atoms. The highest BCUT2D eigenvalue weighted by Crippen LogP contribution is 2.30. The van der Waals surface area contributed by atoms with Crippen LogP contribution in [-0.4, -0.2) is 10.1 Å². The average Bonchev–Trinajstić information content (AvgIpc) is 2.52. The summed E-state index contributed by atoms with van der Waals surface area (Å²) in [6.07, 6.45) is 8.22. The summed E-state index contributed by atoms with van der Waals surface area (Å²) in [5.74, 6) is 0. The number of aromatic nitrogens is 1. The van der Waals surface area contributed by atoms with Crippen LogP contribution in [-0.2, 0) is 0 Å². The van der Waals surface area contributed by atoms with Gasteiger partial charge in [-0.1, -0.05) is 49.2 Å². The van der Waals surface area contributed by atoms with Gasteiger partial charge in [-0.25, -0.2) is 0 Å².